The Kier molecular flexibility index (Phi) is 6.63. The van der Waals surface area contributed by atoms with Gasteiger partial charge in [0.1, 0.15) is 5.82 Å². The zero-order valence-electron chi connectivity index (χ0n) is 18.5. The van der Waals surface area contributed by atoms with Gasteiger partial charge in [-0.2, -0.15) is 0 Å². The van der Waals surface area contributed by atoms with Crippen LogP contribution in [0.4, 0.5) is 0 Å². The highest BCUT2D eigenvalue weighted by Crippen LogP contribution is 2.23. The number of nitrogens with one attached hydrogen (secondary N) is 1. The molecule has 0 aliphatic heterocycles. The van der Waals surface area contributed by atoms with Crippen molar-refractivity contribution in [1.29, 1.82) is 0 Å². The lowest BCUT2D eigenvalue weighted by atomic mass is 10.0. The molecule has 1 atom stereocenters. The van der Waals surface area contributed by atoms with Crippen molar-refractivity contribution in [1.82, 2.24) is 18.8 Å². The average Bonchev–Trinajstić information content (AvgIpc) is 3.47. The summed E-state index contributed by atoms with van der Waals surface area (Å²) in [6, 6.07) is 15.3. The number of rotatable bonds is 6. The number of carboxylic acid groups (broad SMARTS) is 1. The van der Waals surface area contributed by atoms with Crippen LogP contribution in [-0.4, -0.2) is 33.6 Å². The van der Waals surface area contributed by atoms with E-state index in [0.717, 1.165) is 17.1 Å². The number of hydrogen-bond acceptors (Lipinski definition) is 4. The van der Waals surface area contributed by atoms with E-state index >= 15 is 0 Å². The van der Waals surface area contributed by atoms with E-state index in [-0.39, 0.29) is 5.56 Å². The zero-order valence-corrected chi connectivity index (χ0v) is 19.4. The molecule has 0 fully saturated rings. The van der Waals surface area contributed by atoms with Crippen LogP contribution in [0, 0.1) is 18.8 Å². The Bertz CT molecular complexity index is 1470. The molecular formula is C25H22N4O4S. The molecule has 0 amide bonds. The van der Waals surface area contributed by atoms with E-state index in [4.69, 9.17) is 0 Å². The third-order valence-corrected chi connectivity index (χ3v) is 5.97. The van der Waals surface area contributed by atoms with Crippen molar-refractivity contribution in [3.63, 3.8) is 0 Å². The number of aromatic carboxylic acids is 1. The third kappa shape index (κ3) is 4.78. The van der Waals surface area contributed by atoms with Crippen LogP contribution in [-0.2, 0) is 17.9 Å². The molecule has 0 bridgehead atoms. The smallest absolute Gasteiger partial charge is 0.337 e. The van der Waals surface area contributed by atoms with Gasteiger partial charge < -0.3 is 14.2 Å². The first-order valence-electron chi connectivity index (χ1n) is 10.4. The van der Waals surface area contributed by atoms with Crippen LogP contribution < -0.4 is 4.72 Å². The Morgan fingerprint density at radius 3 is 2.35 bits per heavy atom. The first kappa shape index (κ1) is 23.0. The van der Waals surface area contributed by atoms with Crippen molar-refractivity contribution in [2.45, 2.75) is 13.0 Å². The van der Waals surface area contributed by atoms with Gasteiger partial charge in [0.25, 0.3) is 0 Å². The van der Waals surface area contributed by atoms with Gasteiger partial charge in [-0.3, -0.25) is 0 Å². The minimum absolute atomic E-state index is 0.158. The van der Waals surface area contributed by atoms with Gasteiger partial charge in [0.2, 0.25) is 10.9 Å². The minimum Gasteiger partial charge on any atom is -0.478 e. The molecular weight excluding hydrogens is 452 g/mol. The molecule has 4 aromatic rings. The van der Waals surface area contributed by atoms with E-state index in [1.807, 2.05) is 42.8 Å². The van der Waals surface area contributed by atoms with Crippen LogP contribution in [0.5, 0.6) is 0 Å². The van der Waals surface area contributed by atoms with Crippen LogP contribution in [0.25, 0.3) is 5.69 Å². The first-order valence-corrected chi connectivity index (χ1v) is 11.5. The molecule has 8 nitrogen and oxygen atoms in total. The van der Waals surface area contributed by atoms with Crippen LogP contribution in [0.1, 0.15) is 44.6 Å². The molecule has 2 aromatic heterocycles. The third-order valence-electron chi connectivity index (χ3n) is 5.50. The number of benzene rings is 2. The predicted molar refractivity (Wildman–Crippen MR) is 128 cm³/mol. The van der Waals surface area contributed by atoms with Crippen molar-refractivity contribution < 1.29 is 18.3 Å². The van der Waals surface area contributed by atoms with Crippen molar-refractivity contribution in [3.05, 3.63) is 107 Å². The highest BCUT2D eigenvalue weighted by atomic mass is 32.2. The number of para-hydroxylation sites is 1. The number of hydrogen-bond donors (Lipinski definition) is 3. The first-order chi connectivity index (χ1) is 16.3. The summed E-state index contributed by atoms with van der Waals surface area (Å²) in [7, 11) is -1.00. The highest BCUT2D eigenvalue weighted by Gasteiger charge is 2.19. The molecule has 0 aliphatic carbocycles. The van der Waals surface area contributed by atoms with E-state index in [2.05, 4.69) is 21.5 Å². The molecule has 0 saturated carbocycles. The maximum atomic E-state index is 11.7. The van der Waals surface area contributed by atoms with Gasteiger partial charge in [0.05, 0.1) is 29.2 Å². The maximum Gasteiger partial charge on any atom is 0.337 e. The van der Waals surface area contributed by atoms with Crippen LogP contribution in [0.15, 0.2) is 73.2 Å². The summed E-state index contributed by atoms with van der Waals surface area (Å²) in [5.41, 5.74) is 3.40. The largest absolute Gasteiger partial charge is 0.478 e. The molecule has 0 radical (unpaired) electrons. The summed E-state index contributed by atoms with van der Waals surface area (Å²) in [6.45, 7) is 1.85. The summed E-state index contributed by atoms with van der Waals surface area (Å²) < 4.78 is 29.0. The van der Waals surface area contributed by atoms with Gasteiger partial charge in [-0.25, -0.2) is 22.9 Å². The molecule has 0 aliphatic rings. The van der Waals surface area contributed by atoms with Crippen molar-refractivity contribution in [3.8, 4) is 17.5 Å². The molecule has 2 aromatic carbocycles. The summed E-state index contributed by atoms with van der Waals surface area (Å²) in [5, 5.41) is 9.62. The fraction of sp³-hybridized carbons (Fsp3) is 0.120. The fourth-order valence-electron chi connectivity index (χ4n) is 3.68. The number of aryl methyl sites for hydroxylation is 1. The minimum atomic E-state index is -2.83. The van der Waals surface area contributed by atoms with E-state index in [9.17, 15) is 18.3 Å². The summed E-state index contributed by atoms with van der Waals surface area (Å²) in [6.07, 6.45) is 5.20. The van der Waals surface area contributed by atoms with Crippen LogP contribution in [0.2, 0.25) is 0 Å². The second kappa shape index (κ2) is 9.79. The molecule has 9 heteroatoms. The lowest BCUT2D eigenvalue weighted by Crippen LogP contribution is -2.23. The molecule has 4 rings (SSSR count). The molecule has 2 heterocycles. The van der Waals surface area contributed by atoms with Gasteiger partial charge >= 0.3 is 5.97 Å². The lowest BCUT2D eigenvalue weighted by Gasteiger charge is -2.17. The van der Waals surface area contributed by atoms with Gasteiger partial charge in [-0.15, -0.1) is 0 Å². The van der Waals surface area contributed by atoms with Crippen molar-refractivity contribution in [2.24, 2.45) is 7.05 Å². The zero-order chi connectivity index (χ0) is 24.2. The number of imidazole rings is 1. The van der Waals surface area contributed by atoms with Gasteiger partial charge in [0.15, 0.2) is 0 Å². The average molecular weight is 475 g/mol. The Morgan fingerprint density at radius 1 is 1.06 bits per heavy atom. The van der Waals surface area contributed by atoms with Gasteiger partial charge in [-0.05, 0) is 48.9 Å². The molecule has 34 heavy (non-hydrogen) atoms. The van der Waals surface area contributed by atoms with E-state index in [0.29, 0.717) is 16.8 Å². The second-order valence-electron chi connectivity index (χ2n) is 7.58. The van der Waals surface area contributed by atoms with Crippen molar-refractivity contribution >= 4 is 16.9 Å². The number of nitrogens with zero attached hydrogens (tertiary/aromatic N) is 3. The van der Waals surface area contributed by atoms with E-state index in [1.54, 1.807) is 53.5 Å². The summed E-state index contributed by atoms with van der Waals surface area (Å²) in [5.74, 6) is 5.90. The number of aromatic nitrogens is 3. The Labute approximate surface area is 198 Å². The van der Waals surface area contributed by atoms with Gasteiger partial charge in [-0.1, -0.05) is 30.0 Å². The van der Waals surface area contributed by atoms with Crippen LogP contribution in [0.3, 0.4) is 0 Å². The molecule has 2 N–H and O–H groups in total. The fourth-order valence-corrected chi connectivity index (χ4v) is 4.17. The summed E-state index contributed by atoms with van der Waals surface area (Å²) >= 11 is 0. The quantitative estimate of drug-likeness (QED) is 0.294. The number of thiol groups is 1. The number of carboxylic acids is 1. The molecule has 1 unspecified atom stereocenters. The standard InChI is InChI=1S/C25H22N4O4S/c1-17-26-16-22(28(17)2)23(27-34(32)33)19-11-8-18(9-12-19)10-13-20-6-5-7-21(25(30)31)24(20)29-14-3-4-15-29/h3-9,11-12,14-16,23,34H,1-2H3,(H,30,31)(H,27,32,33). The molecule has 0 spiro atoms. The number of carbonyl (C=O) groups is 1. The van der Waals surface area contributed by atoms with E-state index < -0.39 is 22.9 Å². The monoisotopic (exact) mass is 474 g/mol. The van der Waals surface area contributed by atoms with Crippen LogP contribution >= 0.6 is 0 Å². The predicted octanol–water partition coefficient (Wildman–Crippen LogP) is 2.82. The van der Waals surface area contributed by atoms with Gasteiger partial charge in [0, 0.05) is 30.6 Å². The lowest BCUT2D eigenvalue weighted by molar-refractivity contribution is 0.0697. The molecule has 0 saturated heterocycles. The Balaban J connectivity index is 1.69. The second-order valence-corrected chi connectivity index (χ2v) is 8.35. The maximum absolute atomic E-state index is 11.7. The SMILES string of the molecule is Cc1ncc(C(N[SH](=O)=O)c2ccc(C#Cc3cccc(C(=O)O)c3-n3cccc3)cc2)n1C. The molecule has 172 valence electrons. The van der Waals surface area contributed by atoms with E-state index in [1.165, 1.54) is 0 Å². The van der Waals surface area contributed by atoms with Crippen molar-refractivity contribution in [2.75, 3.05) is 0 Å². The Hall–Kier alpha value is -4.13. The highest BCUT2D eigenvalue weighted by molar-refractivity contribution is 7.70. The summed E-state index contributed by atoms with van der Waals surface area (Å²) in [4.78, 5) is 16.0. The Morgan fingerprint density at radius 2 is 1.76 bits per heavy atom. The topological polar surface area (TPSA) is 106 Å². The normalized spacial score (nSPS) is 11.7.